The van der Waals surface area contributed by atoms with Crippen LogP contribution in [0.25, 0.3) is 0 Å². The first kappa shape index (κ1) is 9.52. The molecule has 1 aliphatic heterocycles. The van der Waals surface area contributed by atoms with Crippen LogP contribution >= 0.6 is 15.9 Å². The molecule has 2 rings (SSSR count). The van der Waals surface area contributed by atoms with E-state index in [1.54, 1.807) is 11.9 Å². The summed E-state index contributed by atoms with van der Waals surface area (Å²) in [5.74, 6) is 0.765. The molecular formula is C10H10BrNO2. The number of hydrogen-bond donors (Lipinski definition) is 0. The summed E-state index contributed by atoms with van der Waals surface area (Å²) in [6.07, 6.45) is 0. The number of anilines is 1. The number of likely N-dealkylation sites (N-methyl/N-ethyl adjacent to an activating group) is 1. The number of fused-ring (bicyclic) bond motifs is 1. The van der Waals surface area contributed by atoms with Crippen LogP contribution < -0.4 is 9.64 Å². The van der Waals surface area contributed by atoms with Crippen molar-refractivity contribution in [2.24, 2.45) is 0 Å². The van der Waals surface area contributed by atoms with Crippen LogP contribution in [0.5, 0.6) is 5.75 Å². The van der Waals surface area contributed by atoms with E-state index in [1.807, 2.05) is 18.2 Å². The molecule has 74 valence electrons. The summed E-state index contributed by atoms with van der Waals surface area (Å²) in [5.41, 5.74) is 1.98. The quantitative estimate of drug-likeness (QED) is 0.718. The highest BCUT2D eigenvalue weighted by Gasteiger charge is 2.21. The molecule has 0 saturated carbocycles. The maximum absolute atomic E-state index is 11.3. The summed E-state index contributed by atoms with van der Waals surface area (Å²) in [6, 6.07) is 5.84. The summed E-state index contributed by atoms with van der Waals surface area (Å²) in [7, 11) is 1.77. The first-order valence-electron chi connectivity index (χ1n) is 4.30. The predicted octanol–water partition coefficient (Wildman–Crippen LogP) is 1.94. The standard InChI is InChI=1S/C10H10BrNO2/c1-12-8-4-7(5-11)2-3-9(8)14-6-10(12)13/h2-4H,5-6H2,1H3. The van der Waals surface area contributed by atoms with Crippen LogP contribution in [0.3, 0.4) is 0 Å². The van der Waals surface area contributed by atoms with E-state index < -0.39 is 0 Å². The van der Waals surface area contributed by atoms with Gasteiger partial charge in [0.25, 0.3) is 5.91 Å². The van der Waals surface area contributed by atoms with Gasteiger partial charge in [-0.1, -0.05) is 22.0 Å². The van der Waals surface area contributed by atoms with Crippen LogP contribution in [0.2, 0.25) is 0 Å². The first-order chi connectivity index (χ1) is 6.72. The highest BCUT2D eigenvalue weighted by molar-refractivity contribution is 9.08. The van der Waals surface area contributed by atoms with Crippen LogP contribution in [-0.4, -0.2) is 19.6 Å². The number of ether oxygens (including phenoxy) is 1. The van der Waals surface area contributed by atoms with Gasteiger partial charge < -0.3 is 9.64 Å². The van der Waals surface area contributed by atoms with Crippen LogP contribution in [-0.2, 0) is 10.1 Å². The van der Waals surface area contributed by atoms with Crippen molar-refractivity contribution in [2.75, 3.05) is 18.6 Å². The Morgan fingerprint density at radius 2 is 2.36 bits per heavy atom. The Bertz CT molecular complexity index is 378. The second kappa shape index (κ2) is 3.61. The summed E-state index contributed by atoms with van der Waals surface area (Å²) in [4.78, 5) is 13.0. The summed E-state index contributed by atoms with van der Waals surface area (Å²) < 4.78 is 5.30. The fraction of sp³-hybridized carbons (Fsp3) is 0.300. The average molecular weight is 256 g/mol. The molecule has 0 aromatic heterocycles. The van der Waals surface area contributed by atoms with Crippen molar-refractivity contribution in [3.63, 3.8) is 0 Å². The van der Waals surface area contributed by atoms with Gasteiger partial charge in [0.15, 0.2) is 6.61 Å². The van der Waals surface area contributed by atoms with Gasteiger partial charge in [-0.3, -0.25) is 4.79 Å². The molecule has 3 nitrogen and oxygen atoms in total. The highest BCUT2D eigenvalue weighted by atomic mass is 79.9. The Balaban J connectivity index is 2.46. The summed E-state index contributed by atoms with van der Waals surface area (Å²) in [6.45, 7) is 0.136. The zero-order chi connectivity index (χ0) is 10.1. The van der Waals surface area contributed by atoms with Crippen LogP contribution in [0.4, 0.5) is 5.69 Å². The van der Waals surface area contributed by atoms with Gasteiger partial charge in [0, 0.05) is 12.4 Å². The van der Waals surface area contributed by atoms with Crippen molar-refractivity contribution in [2.45, 2.75) is 5.33 Å². The molecule has 1 aromatic rings. The third-order valence-corrected chi connectivity index (χ3v) is 2.91. The molecule has 0 atom stereocenters. The van der Waals surface area contributed by atoms with Crippen LogP contribution in [0, 0.1) is 0 Å². The molecule has 0 unspecified atom stereocenters. The van der Waals surface area contributed by atoms with E-state index >= 15 is 0 Å². The van der Waals surface area contributed by atoms with Gasteiger partial charge in [-0.15, -0.1) is 0 Å². The molecule has 14 heavy (non-hydrogen) atoms. The molecule has 1 heterocycles. The molecule has 1 amide bonds. The Labute approximate surface area is 90.8 Å². The number of halogens is 1. The molecule has 1 aliphatic rings. The largest absolute Gasteiger partial charge is 0.482 e. The monoisotopic (exact) mass is 255 g/mol. The van der Waals surface area contributed by atoms with Gasteiger partial charge >= 0.3 is 0 Å². The molecule has 0 bridgehead atoms. The zero-order valence-electron chi connectivity index (χ0n) is 7.79. The topological polar surface area (TPSA) is 29.5 Å². The van der Waals surface area contributed by atoms with Gasteiger partial charge in [0.2, 0.25) is 0 Å². The van der Waals surface area contributed by atoms with Gasteiger partial charge in [-0.2, -0.15) is 0 Å². The smallest absolute Gasteiger partial charge is 0.264 e. The molecule has 0 fully saturated rings. The number of rotatable bonds is 1. The zero-order valence-corrected chi connectivity index (χ0v) is 9.37. The summed E-state index contributed by atoms with van der Waals surface area (Å²) in [5, 5.41) is 0.780. The predicted molar refractivity (Wildman–Crippen MR) is 58.0 cm³/mol. The van der Waals surface area contributed by atoms with Crippen molar-refractivity contribution >= 4 is 27.5 Å². The Morgan fingerprint density at radius 3 is 3.07 bits per heavy atom. The van der Waals surface area contributed by atoms with Gasteiger partial charge in [-0.05, 0) is 17.7 Å². The Hall–Kier alpha value is -1.03. The number of nitrogens with zero attached hydrogens (tertiary/aromatic N) is 1. The first-order valence-corrected chi connectivity index (χ1v) is 5.43. The minimum Gasteiger partial charge on any atom is -0.482 e. The minimum atomic E-state index is -0.00998. The molecule has 1 aromatic carbocycles. The Morgan fingerprint density at radius 1 is 1.57 bits per heavy atom. The number of alkyl halides is 1. The van der Waals surface area contributed by atoms with E-state index in [0.29, 0.717) is 0 Å². The van der Waals surface area contributed by atoms with Gasteiger partial charge in [0.05, 0.1) is 5.69 Å². The van der Waals surface area contributed by atoms with Gasteiger partial charge in [0.1, 0.15) is 5.75 Å². The fourth-order valence-electron chi connectivity index (χ4n) is 1.40. The maximum atomic E-state index is 11.3. The second-order valence-electron chi connectivity index (χ2n) is 3.18. The number of hydrogen-bond acceptors (Lipinski definition) is 2. The second-order valence-corrected chi connectivity index (χ2v) is 3.74. The molecule has 0 spiro atoms. The highest BCUT2D eigenvalue weighted by Crippen LogP contribution is 2.32. The van der Waals surface area contributed by atoms with Crippen molar-refractivity contribution < 1.29 is 9.53 Å². The molecule has 4 heteroatoms. The van der Waals surface area contributed by atoms with E-state index in [-0.39, 0.29) is 12.5 Å². The van der Waals surface area contributed by atoms with Crippen LogP contribution in [0.15, 0.2) is 18.2 Å². The minimum absolute atomic E-state index is 0.00998. The maximum Gasteiger partial charge on any atom is 0.264 e. The molecule has 0 N–H and O–H groups in total. The van der Waals surface area contributed by atoms with E-state index in [0.717, 1.165) is 22.3 Å². The van der Waals surface area contributed by atoms with Crippen LogP contribution in [0.1, 0.15) is 5.56 Å². The lowest BCUT2D eigenvalue weighted by atomic mass is 10.2. The lowest BCUT2D eigenvalue weighted by molar-refractivity contribution is -0.120. The molecular weight excluding hydrogens is 246 g/mol. The number of benzene rings is 1. The summed E-state index contributed by atoms with van der Waals surface area (Å²) >= 11 is 3.38. The van der Waals surface area contributed by atoms with Crippen molar-refractivity contribution in [1.82, 2.24) is 0 Å². The van der Waals surface area contributed by atoms with Crippen molar-refractivity contribution in [3.05, 3.63) is 23.8 Å². The lowest BCUT2D eigenvalue weighted by Crippen LogP contribution is -2.35. The normalized spacial score (nSPS) is 15.0. The van der Waals surface area contributed by atoms with Crippen molar-refractivity contribution in [3.8, 4) is 5.75 Å². The van der Waals surface area contributed by atoms with E-state index in [4.69, 9.17) is 4.74 Å². The fourth-order valence-corrected chi connectivity index (χ4v) is 1.75. The molecule has 0 radical (unpaired) electrons. The molecule has 0 aliphatic carbocycles. The van der Waals surface area contributed by atoms with Crippen molar-refractivity contribution in [1.29, 1.82) is 0 Å². The third-order valence-electron chi connectivity index (χ3n) is 2.26. The third kappa shape index (κ3) is 1.50. The number of carbonyl (C=O) groups is 1. The number of carbonyl (C=O) groups excluding carboxylic acids is 1. The SMILES string of the molecule is CN1C(=O)COc2ccc(CBr)cc21. The average Bonchev–Trinajstić information content (AvgIpc) is 2.23. The Kier molecular flexibility index (Phi) is 2.46. The van der Waals surface area contributed by atoms with E-state index in [9.17, 15) is 4.79 Å². The van der Waals surface area contributed by atoms with E-state index in [1.165, 1.54) is 0 Å². The number of amides is 1. The van der Waals surface area contributed by atoms with E-state index in [2.05, 4.69) is 15.9 Å². The van der Waals surface area contributed by atoms with Gasteiger partial charge in [-0.25, -0.2) is 0 Å². The lowest BCUT2D eigenvalue weighted by Gasteiger charge is -2.26. The molecule has 0 saturated heterocycles.